The number of thioether (sulfide) groups is 1. The van der Waals surface area contributed by atoms with Crippen LogP contribution in [0, 0.1) is 17.2 Å². The molecule has 1 rings (SSSR count). The molecule has 0 spiro atoms. The molecular weight excluding hydrogens is 239 g/mol. The minimum absolute atomic E-state index is 0.364. The molecule has 3 nitrogen and oxygen atoms in total. The van der Waals surface area contributed by atoms with Gasteiger partial charge in [-0.15, -0.1) is 11.8 Å². The second kappa shape index (κ2) is 5.07. The molecule has 0 aliphatic rings. The van der Waals surface area contributed by atoms with E-state index in [2.05, 4.69) is 4.98 Å². The average molecular weight is 247 g/mol. The first-order valence-corrected chi connectivity index (χ1v) is 5.22. The second-order valence-corrected chi connectivity index (χ2v) is 4.00. The number of nitrogens with two attached hydrogens (primary N) is 1. The minimum Gasteiger partial charge on any atom is -0.397 e. The maximum Gasteiger partial charge on any atom is 0.405 e. The zero-order valence-electron chi connectivity index (χ0n) is 8.03. The summed E-state index contributed by atoms with van der Waals surface area (Å²) in [4.78, 5) is 3.83. The van der Waals surface area contributed by atoms with E-state index >= 15 is 0 Å². The lowest BCUT2D eigenvalue weighted by molar-refractivity contribution is -0.152. The molecule has 0 bridgehead atoms. The van der Waals surface area contributed by atoms with Crippen molar-refractivity contribution in [3.05, 3.63) is 18.3 Å². The lowest BCUT2D eigenvalue weighted by atomic mass is 10.2. The zero-order valence-corrected chi connectivity index (χ0v) is 8.85. The smallest absolute Gasteiger partial charge is 0.397 e. The molecule has 7 heteroatoms. The third kappa shape index (κ3) is 3.62. The summed E-state index contributed by atoms with van der Waals surface area (Å²) in [6.45, 7) is 0. The molecule has 1 aromatic rings. The van der Waals surface area contributed by atoms with Gasteiger partial charge < -0.3 is 5.73 Å². The van der Waals surface area contributed by atoms with E-state index in [0.29, 0.717) is 10.7 Å². The SMILES string of the molecule is N#CC(CSc1ccc(N)cn1)C(F)(F)F. The highest BCUT2D eigenvalue weighted by molar-refractivity contribution is 7.99. The summed E-state index contributed by atoms with van der Waals surface area (Å²) in [5.41, 5.74) is 5.82. The van der Waals surface area contributed by atoms with E-state index in [-0.39, 0.29) is 5.75 Å². The van der Waals surface area contributed by atoms with Gasteiger partial charge >= 0.3 is 6.18 Å². The number of nitrogen functional groups attached to an aromatic ring is 1. The summed E-state index contributed by atoms with van der Waals surface area (Å²) >= 11 is 0.880. The van der Waals surface area contributed by atoms with Crippen molar-refractivity contribution in [1.29, 1.82) is 5.26 Å². The molecule has 0 aliphatic carbocycles. The standard InChI is InChI=1S/C9H8F3N3S/c10-9(11,12)6(3-13)5-16-8-2-1-7(14)4-15-8/h1-2,4,6H,5,14H2. The third-order valence-corrected chi connectivity index (χ3v) is 2.75. The molecule has 0 saturated heterocycles. The first-order valence-electron chi connectivity index (χ1n) is 4.24. The van der Waals surface area contributed by atoms with Crippen LogP contribution < -0.4 is 5.73 Å². The van der Waals surface area contributed by atoms with E-state index in [1.54, 1.807) is 6.07 Å². The molecule has 2 N–H and O–H groups in total. The Morgan fingerprint density at radius 3 is 2.62 bits per heavy atom. The van der Waals surface area contributed by atoms with Crippen LogP contribution in [0.3, 0.4) is 0 Å². The van der Waals surface area contributed by atoms with Crippen LogP contribution in [0.25, 0.3) is 0 Å². The summed E-state index contributed by atoms with van der Waals surface area (Å²) in [6.07, 6.45) is -3.13. The molecule has 0 amide bonds. The van der Waals surface area contributed by atoms with Crippen molar-refractivity contribution >= 4 is 17.4 Å². The van der Waals surface area contributed by atoms with Gasteiger partial charge in [-0.05, 0) is 12.1 Å². The fraction of sp³-hybridized carbons (Fsp3) is 0.333. The summed E-state index contributed by atoms with van der Waals surface area (Å²) in [7, 11) is 0. The van der Waals surface area contributed by atoms with Gasteiger partial charge in [0.2, 0.25) is 0 Å². The van der Waals surface area contributed by atoms with Crippen LogP contribution in [-0.2, 0) is 0 Å². The lowest BCUT2D eigenvalue weighted by Gasteiger charge is -2.11. The molecule has 16 heavy (non-hydrogen) atoms. The van der Waals surface area contributed by atoms with Crippen molar-refractivity contribution in [2.45, 2.75) is 11.2 Å². The van der Waals surface area contributed by atoms with Crippen molar-refractivity contribution in [1.82, 2.24) is 4.98 Å². The van der Waals surface area contributed by atoms with Crippen LogP contribution in [0.5, 0.6) is 0 Å². The Bertz CT molecular complexity index is 382. The molecule has 1 aromatic heterocycles. The van der Waals surface area contributed by atoms with Crippen molar-refractivity contribution in [3.8, 4) is 6.07 Å². The molecule has 1 heterocycles. The maximum absolute atomic E-state index is 12.2. The highest BCUT2D eigenvalue weighted by Crippen LogP contribution is 2.30. The fourth-order valence-electron chi connectivity index (χ4n) is 0.851. The number of alkyl halides is 3. The van der Waals surface area contributed by atoms with Gasteiger partial charge in [0.25, 0.3) is 0 Å². The topological polar surface area (TPSA) is 62.7 Å². The number of nitriles is 1. The number of aromatic nitrogens is 1. The fourth-order valence-corrected chi connectivity index (χ4v) is 1.74. The zero-order chi connectivity index (χ0) is 12.2. The lowest BCUT2D eigenvalue weighted by Crippen LogP contribution is -2.23. The first-order chi connectivity index (χ1) is 7.43. The van der Waals surface area contributed by atoms with Gasteiger partial charge in [-0.2, -0.15) is 18.4 Å². The van der Waals surface area contributed by atoms with Gasteiger partial charge in [0, 0.05) is 5.75 Å². The Hall–Kier alpha value is -1.42. The van der Waals surface area contributed by atoms with Gasteiger partial charge in [0.1, 0.15) is 0 Å². The highest BCUT2D eigenvalue weighted by atomic mass is 32.2. The van der Waals surface area contributed by atoms with Gasteiger partial charge in [0.05, 0.1) is 23.0 Å². The second-order valence-electron chi connectivity index (χ2n) is 2.96. The van der Waals surface area contributed by atoms with E-state index in [9.17, 15) is 13.2 Å². The van der Waals surface area contributed by atoms with Crippen molar-refractivity contribution in [2.24, 2.45) is 5.92 Å². The maximum atomic E-state index is 12.2. The predicted molar refractivity (Wildman–Crippen MR) is 54.5 cm³/mol. The van der Waals surface area contributed by atoms with Gasteiger partial charge in [0.15, 0.2) is 5.92 Å². The van der Waals surface area contributed by atoms with E-state index < -0.39 is 12.1 Å². The number of nitrogens with zero attached hydrogens (tertiary/aromatic N) is 2. The number of halogens is 3. The minimum atomic E-state index is -4.49. The van der Waals surface area contributed by atoms with E-state index in [1.165, 1.54) is 18.3 Å². The van der Waals surface area contributed by atoms with Crippen LogP contribution in [0.2, 0.25) is 0 Å². The van der Waals surface area contributed by atoms with Crippen LogP contribution in [-0.4, -0.2) is 16.9 Å². The molecule has 1 atom stereocenters. The van der Waals surface area contributed by atoms with Crippen molar-refractivity contribution < 1.29 is 13.2 Å². The van der Waals surface area contributed by atoms with Crippen LogP contribution in [0.4, 0.5) is 18.9 Å². The summed E-state index contributed by atoms with van der Waals surface area (Å²) in [5.74, 6) is -2.34. The summed E-state index contributed by atoms with van der Waals surface area (Å²) in [5, 5.41) is 8.78. The Labute approximate surface area is 94.5 Å². The molecule has 0 radical (unpaired) electrons. The van der Waals surface area contributed by atoms with Crippen LogP contribution in [0.15, 0.2) is 23.4 Å². The molecule has 1 unspecified atom stereocenters. The number of hydrogen-bond acceptors (Lipinski definition) is 4. The number of pyridine rings is 1. The largest absolute Gasteiger partial charge is 0.405 e. The predicted octanol–water partition coefficient (Wildman–Crippen LogP) is 2.46. The first kappa shape index (κ1) is 12.6. The molecule has 0 saturated carbocycles. The Morgan fingerprint density at radius 2 is 2.19 bits per heavy atom. The number of anilines is 1. The van der Waals surface area contributed by atoms with E-state index in [4.69, 9.17) is 11.0 Å². The molecule has 0 aliphatic heterocycles. The van der Waals surface area contributed by atoms with Gasteiger partial charge in [-0.3, -0.25) is 0 Å². The third-order valence-electron chi connectivity index (χ3n) is 1.71. The van der Waals surface area contributed by atoms with E-state index in [1.807, 2.05) is 0 Å². The van der Waals surface area contributed by atoms with Gasteiger partial charge in [-0.1, -0.05) is 0 Å². The summed E-state index contributed by atoms with van der Waals surface area (Å²) in [6, 6.07) is 4.29. The quantitative estimate of drug-likeness (QED) is 0.833. The molecular formula is C9H8F3N3S. The Kier molecular flexibility index (Phi) is 4.01. The van der Waals surface area contributed by atoms with Gasteiger partial charge in [-0.25, -0.2) is 4.98 Å². The summed E-state index contributed by atoms with van der Waals surface area (Å²) < 4.78 is 36.6. The number of rotatable bonds is 3. The Balaban J connectivity index is 2.57. The molecule has 0 aromatic carbocycles. The van der Waals surface area contributed by atoms with Crippen molar-refractivity contribution in [3.63, 3.8) is 0 Å². The van der Waals surface area contributed by atoms with E-state index in [0.717, 1.165) is 11.8 Å². The Morgan fingerprint density at radius 1 is 1.50 bits per heavy atom. The molecule has 0 fully saturated rings. The monoisotopic (exact) mass is 247 g/mol. The van der Waals surface area contributed by atoms with Crippen molar-refractivity contribution in [2.75, 3.05) is 11.5 Å². The number of hydrogen-bond donors (Lipinski definition) is 1. The average Bonchev–Trinajstić information content (AvgIpc) is 2.19. The molecule has 86 valence electrons. The normalized spacial score (nSPS) is 13.1. The van der Waals surface area contributed by atoms with Crippen LogP contribution >= 0.6 is 11.8 Å². The van der Waals surface area contributed by atoms with Crippen LogP contribution in [0.1, 0.15) is 0 Å². The highest BCUT2D eigenvalue weighted by Gasteiger charge is 2.39.